The number of rotatable bonds is 5. The van der Waals surface area contributed by atoms with Crippen LogP contribution in [-0.4, -0.2) is 45.1 Å². The highest BCUT2D eigenvalue weighted by Gasteiger charge is 2.12. The van der Waals surface area contributed by atoms with Crippen LogP contribution in [0, 0.1) is 12.7 Å². The molecule has 0 unspecified atom stereocenters. The second-order valence-corrected chi connectivity index (χ2v) is 4.33. The van der Waals surface area contributed by atoms with Gasteiger partial charge in [0.1, 0.15) is 11.5 Å². The Labute approximate surface area is 124 Å². The van der Waals surface area contributed by atoms with Crippen molar-refractivity contribution in [2.24, 2.45) is 5.73 Å². The molecule has 1 aromatic heterocycles. The Balaban J connectivity index is 2.12. The van der Waals surface area contributed by atoms with Gasteiger partial charge < -0.3 is 16.4 Å². The van der Waals surface area contributed by atoms with Gasteiger partial charge in [-0.1, -0.05) is 0 Å². The number of anilines is 1. The van der Waals surface area contributed by atoms with Crippen LogP contribution in [0.2, 0.25) is 0 Å². The molecule has 1 aromatic carbocycles. The lowest BCUT2D eigenvalue weighted by Gasteiger charge is -2.09. The number of nitrogens with zero attached hydrogens (tertiary/aromatic N) is 4. The molecule has 0 aliphatic rings. The summed E-state index contributed by atoms with van der Waals surface area (Å²) in [6.07, 6.45) is 0. The van der Waals surface area contributed by atoms with Gasteiger partial charge in [0.2, 0.25) is 11.8 Å². The fourth-order valence-electron chi connectivity index (χ4n) is 1.66. The lowest BCUT2D eigenvalue weighted by molar-refractivity contribution is -0.123. The van der Waals surface area contributed by atoms with Crippen LogP contribution in [0.1, 0.15) is 5.82 Å². The van der Waals surface area contributed by atoms with Crippen molar-refractivity contribution in [3.63, 3.8) is 0 Å². The number of hydrogen-bond acceptors (Lipinski definition) is 6. The maximum atomic E-state index is 13.9. The maximum Gasteiger partial charge on any atom is 0.243 e. The Morgan fingerprint density at radius 2 is 2.14 bits per heavy atom. The number of nitrogens with one attached hydrogen (secondary N) is 2. The number of halogens is 1. The minimum Gasteiger partial charge on any atom is -0.346 e. The highest BCUT2D eigenvalue weighted by molar-refractivity contribution is 5.94. The van der Waals surface area contributed by atoms with Crippen LogP contribution >= 0.6 is 0 Å². The molecule has 0 fully saturated rings. The summed E-state index contributed by atoms with van der Waals surface area (Å²) in [6.45, 7) is 1.19. The van der Waals surface area contributed by atoms with Crippen molar-refractivity contribution in [1.29, 1.82) is 0 Å². The van der Waals surface area contributed by atoms with Gasteiger partial charge in [0.25, 0.3) is 0 Å². The molecule has 0 saturated carbocycles. The lowest BCUT2D eigenvalue weighted by Crippen LogP contribution is -2.36. The third-order valence-electron chi connectivity index (χ3n) is 2.71. The number of aromatic nitrogens is 4. The van der Waals surface area contributed by atoms with Crippen molar-refractivity contribution in [3.05, 3.63) is 29.8 Å². The minimum atomic E-state index is -0.537. The zero-order valence-corrected chi connectivity index (χ0v) is 11.7. The zero-order chi connectivity index (χ0) is 16.1. The summed E-state index contributed by atoms with van der Waals surface area (Å²) in [5, 5.41) is 15.6. The largest absolute Gasteiger partial charge is 0.346 e. The van der Waals surface area contributed by atoms with Crippen LogP contribution in [0.15, 0.2) is 18.2 Å². The van der Waals surface area contributed by atoms with Crippen molar-refractivity contribution < 1.29 is 14.0 Å². The predicted molar refractivity (Wildman–Crippen MR) is 74.5 cm³/mol. The van der Waals surface area contributed by atoms with E-state index in [-0.39, 0.29) is 18.8 Å². The van der Waals surface area contributed by atoms with Gasteiger partial charge in [0.05, 0.1) is 13.1 Å². The zero-order valence-electron chi connectivity index (χ0n) is 11.7. The standard InChI is InChI=1S/C12H14FN7O2/c1-7-17-18-19-20(7)10-4-8(2-3-9(10)13)16-12(22)6-15-11(21)5-14/h2-4H,5-6,14H2,1H3,(H,15,21)(H,16,22). The number of benzene rings is 1. The van der Waals surface area contributed by atoms with E-state index in [0.29, 0.717) is 11.5 Å². The molecule has 0 spiro atoms. The number of carbonyl (C=O) groups is 2. The summed E-state index contributed by atoms with van der Waals surface area (Å²) in [5.74, 6) is -1.05. The maximum absolute atomic E-state index is 13.9. The first-order chi connectivity index (χ1) is 10.5. The Hall–Kier alpha value is -2.88. The molecule has 116 valence electrons. The van der Waals surface area contributed by atoms with Gasteiger partial charge in [-0.05, 0) is 35.5 Å². The summed E-state index contributed by atoms with van der Waals surface area (Å²) in [4.78, 5) is 22.6. The van der Waals surface area contributed by atoms with Crippen LogP contribution in [0.25, 0.3) is 5.69 Å². The molecule has 2 aromatic rings. The summed E-state index contributed by atoms with van der Waals surface area (Å²) < 4.78 is 15.1. The number of amides is 2. The van der Waals surface area contributed by atoms with Gasteiger partial charge in [-0.25, -0.2) is 4.39 Å². The molecule has 9 nitrogen and oxygen atoms in total. The van der Waals surface area contributed by atoms with Crippen molar-refractivity contribution in [3.8, 4) is 5.69 Å². The molecule has 0 bridgehead atoms. The van der Waals surface area contributed by atoms with Crippen molar-refractivity contribution in [1.82, 2.24) is 25.5 Å². The van der Waals surface area contributed by atoms with Crippen LogP contribution < -0.4 is 16.4 Å². The summed E-state index contributed by atoms with van der Waals surface area (Å²) >= 11 is 0. The third kappa shape index (κ3) is 3.61. The van der Waals surface area contributed by atoms with Gasteiger partial charge >= 0.3 is 0 Å². The molecular weight excluding hydrogens is 293 g/mol. The average molecular weight is 307 g/mol. The van der Waals surface area contributed by atoms with Crippen LogP contribution in [0.4, 0.5) is 10.1 Å². The summed E-state index contributed by atoms with van der Waals surface area (Å²) in [7, 11) is 0. The number of aryl methyl sites for hydroxylation is 1. The van der Waals surface area contributed by atoms with Crippen molar-refractivity contribution >= 4 is 17.5 Å². The second kappa shape index (κ2) is 6.72. The summed E-state index contributed by atoms with van der Waals surface area (Å²) in [5.41, 5.74) is 5.56. The van der Waals surface area contributed by atoms with E-state index in [1.54, 1.807) is 6.92 Å². The van der Waals surface area contributed by atoms with Gasteiger partial charge in [0, 0.05) is 5.69 Å². The van der Waals surface area contributed by atoms with E-state index >= 15 is 0 Å². The number of carbonyl (C=O) groups excluding carboxylic acids is 2. The normalized spacial score (nSPS) is 10.3. The van der Waals surface area contributed by atoms with E-state index in [0.717, 1.165) is 0 Å². The Morgan fingerprint density at radius 3 is 2.77 bits per heavy atom. The van der Waals surface area contributed by atoms with E-state index in [2.05, 4.69) is 26.2 Å². The topological polar surface area (TPSA) is 128 Å². The third-order valence-corrected chi connectivity index (χ3v) is 2.71. The van der Waals surface area contributed by atoms with Gasteiger partial charge in [-0.3, -0.25) is 9.59 Å². The molecule has 0 atom stereocenters. The first-order valence-corrected chi connectivity index (χ1v) is 6.32. The smallest absolute Gasteiger partial charge is 0.243 e. The Morgan fingerprint density at radius 1 is 1.36 bits per heavy atom. The fourth-order valence-corrected chi connectivity index (χ4v) is 1.66. The van der Waals surface area contributed by atoms with E-state index in [9.17, 15) is 14.0 Å². The molecule has 10 heteroatoms. The molecule has 2 rings (SSSR count). The van der Waals surface area contributed by atoms with Gasteiger partial charge in [-0.15, -0.1) is 5.10 Å². The highest BCUT2D eigenvalue weighted by atomic mass is 19.1. The Bertz CT molecular complexity index is 701. The first kappa shape index (κ1) is 15.5. The quantitative estimate of drug-likeness (QED) is 0.658. The molecule has 0 radical (unpaired) electrons. The number of tetrazole rings is 1. The van der Waals surface area contributed by atoms with E-state index < -0.39 is 17.6 Å². The second-order valence-electron chi connectivity index (χ2n) is 4.33. The minimum absolute atomic E-state index is 0.103. The molecule has 1 heterocycles. The average Bonchev–Trinajstić information content (AvgIpc) is 2.92. The predicted octanol–water partition coefficient (Wildman–Crippen LogP) is -0.877. The first-order valence-electron chi connectivity index (χ1n) is 6.32. The molecule has 22 heavy (non-hydrogen) atoms. The number of nitrogens with two attached hydrogens (primary N) is 1. The molecule has 0 saturated heterocycles. The summed E-state index contributed by atoms with van der Waals surface area (Å²) in [6, 6.07) is 3.97. The molecule has 4 N–H and O–H groups in total. The van der Waals surface area contributed by atoms with E-state index in [1.165, 1.54) is 22.9 Å². The molecular formula is C12H14FN7O2. The van der Waals surface area contributed by atoms with E-state index in [4.69, 9.17) is 5.73 Å². The van der Waals surface area contributed by atoms with Gasteiger partial charge in [-0.2, -0.15) is 4.68 Å². The fraction of sp³-hybridized carbons (Fsp3) is 0.250. The number of hydrogen-bond donors (Lipinski definition) is 3. The molecule has 0 aliphatic heterocycles. The SMILES string of the molecule is Cc1nnnn1-c1cc(NC(=O)CNC(=O)CN)ccc1F. The van der Waals surface area contributed by atoms with Gasteiger partial charge in [0.15, 0.2) is 5.82 Å². The van der Waals surface area contributed by atoms with Crippen LogP contribution in [0.5, 0.6) is 0 Å². The molecule has 2 amide bonds. The molecule has 0 aliphatic carbocycles. The Kier molecular flexibility index (Phi) is 4.73. The monoisotopic (exact) mass is 307 g/mol. The van der Waals surface area contributed by atoms with Crippen molar-refractivity contribution in [2.75, 3.05) is 18.4 Å². The van der Waals surface area contributed by atoms with Crippen molar-refractivity contribution in [2.45, 2.75) is 6.92 Å². The van der Waals surface area contributed by atoms with Crippen LogP contribution in [-0.2, 0) is 9.59 Å². The highest BCUT2D eigenvalue weighted by Crippen LogP contribution is 2.18. The van der Waals surface area contributed by atoms with E-state index in [1.807, 2.05) is 0 Å². The van der Waals surface area contributed by atoms with Crippen LogP contribution in [0.3, 0.4) is 0 Å². The lowest BCUT2D eigenvalue weighted by atomic mass is 10.2.